The smallest absolute Gasteiger partial charge is 0.181 e. The van der Waals surface area contributed by atoms with E-state index in [9.17, 15) is 0 Å². The number of para-hydroxylation sites is 1. The molecule has 9 nitrogen and oxygen atoms in total. The van der Waals surface area contributed by atoms with Gasteiger partial charge in [-0.25, -0.2) is 9.97 Å². The largest absolute Gasteiger partial charge is 0.365 e. The maximum Gasteiger partial charge on any atom is 0.181 e. The van der Waals surface area contributed by atoms with Crippen molar-refractivity contribution in [2.75, 3.05) is 31.3 Å². The van der Waals surface area contributed by atoms with Gasteiger partial charge in [-0.05, 0) is 81.0 Å². The second kappa shape index (κ2) is 14.4. The van der Waals surface area contributed by atoms with Crippen LogP contribution in [0.25, 0.3) is 28.1 Å². The van der Waals surface area contributed by atoms with Crippen LogP contribution in [0.5, 0.6) is 0 Å². The van der Waals surface area contributed by atoms with Crippen LogP contribution < -0.4 is 10.4 Å². The van der Waals surface area contributed by atoms with Gasteiger partial charge >= 0.3 is 0 Å². The number of hydrogen-bond donors (Lipinski definition) is 0. The molecule has 2 atom stereocenters. The fourth-order valence-electron chi connectivity index (χ4n) is 7.02. The molecule has 50 heavy (non-hydrogen) atoms. The predicted molar refractivity (Wildman–Crippen MR) is 212 cm³/mol. The zero-order chi connectivity index (χ0) is 35.7. The third-order valence-electron chi connectivity index (χ3n) is 9.52. The van der Waals surface area contributed by atoms with Gasteiger partial charge in [0.1, 0.15) is 30.7 Å². The zero-order valence-corrected chi connectivity index (χ0v) is 30.9. The predicted octanol–water partition coefficient (Wildman–Crippen LogP) is 6.23. The Morgan fingerprint density at radius 2 is 1.76 bits per heavy atom. The first-order valence-electron chi connectivity index (χ1n) is 16.8. The molecular formula is C39H44BN9S. The Morgan fingerprint density at radius 1 is 1.02 bits per heavy atom. The first-order valence-corrected chi connectivity index (χ1v) is 18.0. The Kier molecular flexibility index (Phi) is 9.97. The van der Waals surface area contributed by atoms with Crippen molar-refractivity contribution < 1.29 is 0 Å². The minimum atomic E-state index is 0.141. The Bertz CT molecular complexity index is 2120. The van der Waals surface area contributed by atoms with Gasteiger partial charge in [-0.15, -0.1) is 16.9 Å². The Morgan fingerprint density at radius 3 is 2.46 bits per heavy atom. The molecule has 1 aliphatic heterocycles. The number of pyridine rings is 2. The molecule has 4 heterocycles. The van der Waals surface area contributed by atoms with Gasteiger partial charge < -0.3 is 9.80 Å². The lowest BCUT2D eigenvalue weighted by Gasteiger charge is -2.47. The minimum Gasteiger partial charge on any atom is -0.365 e. The number of hydrogen-bond acceptors (Lipinski definition) is 8. The van der Waals surface area contributed by atoms with Crippen molar-refractivity contribution in [3.05, 3.63) is 115 Å². The topological polar surface area (TPSA) is 78.6 Å². The van der Waals surface area contributed by atoms with Gasteiger partial charge in [0.25, 0.3) is 0 Å². The summed E-state index contributed by atoms with van der Waals surface area (Å²) in [5.74, 6) is 2.19. The van der Waals surface area contributed by atoms with Crippen LogP contribution in [0.1, 0.15) is 30.5 Å². The lowest BCUT2D eigenvalue weighted by Crippen LogP contribution is -2.57. The number of anilines is 2. The highest BCUT2D eigenvalue weighted by atomic mass is 32.2. The molecule has 0 aliphatic carbocycles. The molecule has 6 rings (SSSR count). The average molecular weight is 682 g/mol. The summed E-state index contributed by atoms with van der Waals surface area (Å²) in [6, 6.07) is 18.9. The highest BCUT2D eigenvalue weighted by Crippen LogP contribution is 2.41. The number of thioether (sulfide) groups is 1. The molecule has 2 aromatic carbocycles. The molecule has 3 aromatic heterocycles. The van der Waals surface area contributed by atoms with E-state index >= 15 is 0 Å². The third kappa shape index (κ3) is 6.11. The number of aliphatic imine (C=N–C) groups is 1. The van der Waals surface area contributed by atoms with Crippen molar-refractivity contribution in [2.45, 2.75) is 44.7 Å². The van der Waals surface area contributed by atoms with Crippen LogP contribution in [0.4, 0.5) is 11.5 Å². The summed E-state index contributed by atoms with van der Waals surface area (Å²) < 4.78 is 1.80. The van der Waals surface area contributed by atoms with Gasteiger partial charge in [-0.1, -0.05) is 60.7 Å². The Labute approximate surface area is 300 Å². The average Bonchev–Trinajstić information content (AvgIpc) is 3.55. The van der Waals surface area contributed by atoms with Crippen LogP contribution in [-0.2, 0) is 0 Å². The maximum absolute atomic E-state index is 5.56. The summed E-state index contributed by atoms with van der Waals surface area (Å²) in [4.78, 5) is 23.2. The molecule has 0 radical (unpaired) electrons. The zero-order valence-electron chi connectivity index (χ0n) is 30.1. The number of nitrogens with zero attached hydrogens (tertiary/aromatic N) is 9. The highest BCUT2D eigenvalue weighted by Gasteiger charge is 2.34. The van der Waals surface area contributed by atoms with E-state index < -0.39 is 0 Å². The summed E-state index contributed by atoms with van der Waals surface area (Å²) in [6.45, 7) is 22.9. The number of allylic oxidation sites excluding steroid dienone is 1. The lowest BCUT2D eigenvalue weighted by atomic mass is 9.85. The van der Waals surface area contributed by atoms with Crippen molar-refractivity contribution in [3.8, 4) is 17.1 Å². The fraction of sp³-hybridized carbons (Fsp3) is 0.256. The van der Waals surface area contributed by atoms with Crippen LogP contribution in [0.3, 0.4) is 0 Å². The summed E-state index contributed by atoms with van der Waals surface area (Å²) in [5.41, 5.74) is 9.70. The Hall–Kier alpha value is -5.16. The SMILES string of the molecule is Bc1cccc(C)c1-c1nc(N(C=C)c2c(SC)ccnc2-n2nnc3ccccc32)c(/C(=N\C)N2C[C@@H](C)N(C(=C)C=C)CC2C)cc1C. The van der Waals surface area contributed by atoms with Crippen molar-refractivity contribution >= 4 is 53.4 Å². The molecule has 0 bridgehead atoms. The molecule has 0 amide bonds. The van der Waals surface area contributed by atoms with Gasteiger partial charge in [-0.3, -0.25) is 9.89 Å². The number of amidine groups is 1. The highest BCUT2D eigenvalue weighted by molar-refractivity contribution is 7.98. The van der Waals surface area contributed by atoms with Gasteiger partial charge in [0.05, 0.1) is 16.8 Å². The van der Waals surface area contributed by atoms with E-state index in [4.69, 9.17) is 15.0 Å². The first-order chi connectivity index (χ1) is 24.1. The number of fused-ring (bicyclic) bond motifs is 1. The van der Waals surface area contributed by atoms with Gasteiger partial charge in [0.2, 0.25) is 0 Å². The number of piperazine rings is 1. The summed E-state index contributed by atoms with van der Waals surface area (Å²) >= 11 is 1.63. The van der Waals surface area contributed by atoms with Crippen molar-refractivity contribution in [3.63, 3.8) is 0 Å². The van der Waals surface area contributed by atoms with Crippen LogP contribution in [-0.4, -0.2) is 86.9 Å². The van der Waals surface area contributed by atoms with E-state index in [1.165, 1.54) is 0 Å². The van der Waals surface area contributed by atoms with E-state index in [0.29, 0.717) is 11.6 Å². The van der Waals surface area contributed by atoms with E-state index in [-0.39, 0.29) is 12.1 Å². The van der Waals surface area contributed by atoms with Crippen molar-refractivity contribution in [2.24, 2.45) is 4.99 Å². The molecular weight excluding hydrogens is 637 g/mol. The molecule has 11 heteroatoms. The molecule has 0 spiro atoms. The third-order valence-corrected chi connectivity index (χ3v) is 10.3. The Balaban J connectivity index is 1.61. The quantitative estimate of drug-likeness (QED) is 0.0597. The van der Waals surface area contributed by atoms with E-state index in [0.717, 1.165) is 79.6 Å². The van der Waals surface area contributed by atoms with Crippen molar-refractivity contribution in [1.82, 2.24) is 34.8 Å². The standard InChI is InChI=1S/C39H44BN9S/c1-10-26(5)47-22-28(7)48(23-27(47)6)37(41-8)29-21-25(4)35(34-24(3)15-14-16-30(34)40)43-38(29)46(11-2)36-33(50-9)19-20-42-39(36)49-32-18-13-12-17-31(32)44-45-49/h10-21,27-28H,1-2,5,22-23,40H2,3-4,6-9H3/b41-37+/t27-,28?/m1/s1. The normalized spacial score (nSPS) is 16.5. The van der Waals surface area contributed by atoms with E-state index in [2.05, 4.69) is 106 Å². The van der Waals surface area contributed by atoms with Crippen LogP contribution in [0, 0.1) is 13.8 Å². The molecule has 5 aromatic rings. The lowest BCUT2D eigenvalue weighted by molar-refractivity contribution is 0.120. The number of rotatable bonds is 9. The van der Waals surface area contributed by atoms with Gasteiger partial charge in [-0.2, -0.15) is 4.68 Å². The molecule has 1 unspecified atom stereocenters. The molecule has 1 saturated heterocycles. The second-order valence-corrected chi connectivity index (χ2v) is 13.6. The van der Waals surface area contributed by atoms with Crippen molar-refractivity contribution in [1.29, 1.82) is 0 Å². The first kappa shape index (κ1) is 34.7. The van der Waals surface area contributed by atoms with Crippen LogP contribution in [0.2, 0.25) is 0 Å². The molecule has 0 saturated carbocycles. The molecule has 0 N–H and O–H groups in total. The summed E-state index contributed by atoms with van der Waals surface area (Å²) in [5, 5.41) is 9.03. The molecule has 1 aliphatic rings. The van der Waals surface area contributed by atoms with Gasteiger partial charge in [0, 0.05) is 55.2 Å². The second-order valence-electron chi connectivity index (χ2n) is 12.8. The number of benzene rings is 2. The minimum absolute atomic E-state index is 0.141. The van der Waals surface area contributed by atoms with Gasteiger partial charge in [0.15, 0.2) is 5.82 Å². The maximum atomic E-state index is 5.56. The molecule has 254 valence electrons. The van der Waals surface area contributed by atoms with E-state index in [1.807, 2.05) is 60.8 Å². The fourth-order valence-corrected chi connectivity index (χ4v) is 7.60. The van der Waals surface area contributed by atoms with E-state index in [1.54, 1.807) is 16.4 Å². The number of aromatic nitrogens is 5. The van der Waals surface area contributed by atoms with Crippen LogP contribution >= 0.6 is 11.8 Å². The molecule has 1 fully saturated rings. The summed E-state index contributed by atoms with van der Waals surface area (Å²) in [7, 11) is 4.00. The number of aryl methyl sites for hydroxylation is 2. The monoisotopic (exact) mass is 681 g/mol. The van der Waals surface area contributed by atoms with Crippen LogP contribution in [0.15, 0.2) is 108 Å². The summed E-state index contributed by atoms with van der Waals surface area (Å²) in [6.07, 6.45) is 7.53.